The van der Waals surface area contributed by atoms with Gasteiger partial charge in [0.1, 0.15) is 11.5 Å². The van der Waals surface area contributed by atoms with Gasteiger partial charge >= 0.3 is 0 Å². The molecule has 3 saturated heterocycles. The summed E-state index contributed by atoms with van der Waals surface area (Å²) < 4.78 is 21.8. The van der Waals surface area contributed by atoms with Crippen molar-refractivity contribution in [3.05, 3.63) is 23.8 Å². The fourth-order valence-corrected chi connectivity index (χ4v) is 4.74. The van der Waals surface area contributed by atoms with Crippen LogP contribution in [0.4, 0.5) is 0 Å². The molecule has 3 heterocycles. The standard InChI is InChI=1S/C23H32N2O6/c1-28-19-13-18(14-20(15-19)29-2)22(27)25-7-3-16(4-8-25)21(26)24-9-5-17(6-10-24)23-30-11-12-31-23/h13-17,23H,3-12H2,1-2H3. The number of hydrogen-bond acceptors (Lipinski definition) is 6. The molecule has 3 fully saturated rings. The van der Waals surface area contributed by atoms with E-state index < -0.39 is 0 Å². The van der Waals surface area contributed by atoms with Gasteiger partial charge in [-0.1, -0.05) is 0 Å². The zero-order chi connectivity index (χ0) is 21.8. The van der Waals surface area contributed by atoms with E-state index in [1.54, 1.807) is 32.4 Å². The highest BCUT2D eigenvalue weighted by Gasteiger charge is 2.35. The number of carbonyl (C=O) groups is 2. The van der Waals surface area contributed by atoms with Crippen LogP contribution in [0.3, 0.4) is 0 Å². The Labute approximate surface area is 183 Å². The maximum Gasteiger partial charge on any atom is 0.254 e. The topological polar surface area (TPSA) is 77.5 Å². The molecular weight excluding hydrogens is 400 g/mol. The second-order valence-electron chi connectivity index (χ2n) is 8.44. The first-order valence-electron chi connectivity index (χ1n) is 11.1. The molecule has 0 atom stereocenters. The SMILES string of the molecule is COc1cc(OC)cc(C(=O)N2CCC(C(=O)N3CCC(C4OCCO4)CC3)CC2)c1. The lowest BCUT2D eigenvalue weighted by molar-refractivity contribution is -0.142. The second kappa shape index (κ2) is 9.87. The zero-order valence-electron chi connectivity index (χ0n) is 18.4. The normalized spacial score (nSPS) is 21.4. The minimum absolute atomic E-state index is 0.0144. The molecule has 0 saturated carbocycles. The van der Waals surface area contributed by atoms with Gasteiger partial charge in [-0.25, -0.2) is 0 Å². The van der Waals surface area contributed by atoms with E-state index in [0.29, 0.717) is 62.1 Å². The lowest BCUT2D eigenvalue weighted by Crippen LogP contribution is -2.47. The Bertz CT molecular complexity index is 756. The molecule has 1 aromatic rings. The van der Waals surface area contributed by atoms with E-state index in [2.05, 4.69) is 0 Å². The molecule has 31 heavy (non-hydrogen) atoms. The van der Waals surface area contributed by atoms with Crippen molar-refractivity contribution in [3.63, 3.8) is 0 Å². The minimum Gasteiger partial charge on any atom is -0.497 e. The summed E-state index contributed by atoms with van der Waals surface area (Å²) in [6.07, 6.45) is 3.14. The van der Waals surface area contributed by atoms with Crippen molar-refractivity contribution in [1.29, 1.82) is 0 Å². The minimum atomic E-state index is -0.0956. The van der Waals surface area contributed by atoms with Crippen LogP contribution in [-0.4, -0.2) is 81.5 Å². The molecule has 1 aromatic carbocycles. The molecule has 0 radical (unpaired) electrons. The molecule has 0 aliphatic carbocycles. The fraction of sp³-hybridized carbons (Fsp3) is 0.652. The van der Waals surface area contributed by atoms with Crippen LogP contribution in [0, 0.1) is 11.8 Å². The summed E-state index contributed by atoms with van der Waals surface area (Å²) in [5, 5.41) is 0. The van der Waals surface area contributed by atoms with E-state index >= 15 is 0 Å². The highest BCUT2D eigenvalue weighted by molar-refractivity contribution is 5.95. The average Bonchev–Trinajstić information content (AvgIpc) is 3.38. The first-order valence-corrected chi connectivity index (χ1v) is 11.1. The highest BCUT2D eigenvalue weighted by Crippen LogP contribution is 2.29. The lowest BCUT2D eigenvalue weighted by Gasteiger charge is -2.38. The average molecular weight is 433 g/mol. The quantitative estimate of drug-likeness (QED) is 0.710. The van der Waals surface area contributed by atoms with Crippen molar-refractivity contribution in [2.75, 3.05) is 53.6 Å². The van der Waals surface area contributed by atoms with Gasteiger partial charge in [-0.2, -0.15) is 0 Å². The van der Waals surface area contributed by atoms with Gasteiger partial charge in [0.25, 0.3) is 5.91 Å². The van der Waals surface area contributed by atoms with Gasteiger partial charge in [-0.05, 0) is 37.8 Å². The molecule has 0 N–H and O–H groups in total. The zero-order valence-corrected chi connectivity index (χ0v) is 18.4. The number of likely N-dealkylation sites (tertiary alicyclic amines) is 2. The molecule has 4 rings (SSSR count). The maximum absolute atomic E-state index is 13.0. The number of benzene rings is 1. The third-order valence-electron chi connectivity index (χ3n) is 6.61. The van der Waals surface area contributed by atoms with Crippen molar-refractivity contribution >= 4 is 11.8 Å². The lowest BCUT2D eigenvalue weighted by atomic mass is 9.91. The van der Waals surface area contributed by atoms with Crippen LogP contribution in [0.25, 0.3) is 0 Å². The van der Waals surface area contributed by atoms with Crippen molar-refractivity contribution in [1.82, 2.24) is 9.80 Å². The van der Waals surface area contributed by atoms with Gasteiger partial charge in [0.2, 0.25) is 5.91 Å². The van der Waals surface area contributed by atoms with Crippen LogP contribution in [0.1, 0.15) is 36.0 Å². The van der Waals surface area contributed by atoms with Gasteiger partial charge in [0, 0.05) is 49.6 Å². The second-order valence-corrected chi connectivity index (χ2v) is 8.44. The van der Waals surface area contributed by atoms with Gasteiger partial charge < -0.3 is 28.7 Å². The monoisotopic (exact) mass is 432 g/mol. The molecule has 0 bridgehead atoms. The summed E-state index contributed by atoms with van der Waals surface area (Å²) >= 11 is 0. The summed E-state index contributed by atoms with van der Waals surface area (Å²) in [5.41, 5.74) is 0.541. The Hall–Kier alpha value is -2.32. The molecule has 2 amide bonds. The van der Waals surface area contributed by atoms with E-state index in [1.807, 2.05) is 9.80 Å². The Morgan fingerprint density at radius 3 is 1.94 bits per heavy atom. The van der Waals surface area contributed by atoms with Crippen LogP contribution in [0.2, 0.25) is 0 Å². The van der Waals surface area contributed by atoms with Crippen molar-refractivity contribution < 1.29 is 28.5 Å². The first kappa shape index (κ1) is 21.9. The third-order valence-corrected chi connectivity index (χ3v) is 6.61. The smallest absolute Gasteiger partial charge is 0.254 e. The predicted molar refractivity (Wildman–Crippen MR) is 113 cm³/mol. The number of piperidine rings is 2. The molecule has 3 aliphatic rings. The van der Waals surface area contributed by atoms with E-state index in [0.717, 1.165) is 25.9 Å². The van der Waals surface area contributed by atoms with Crippen molar-refractivity contribution in [2.45, 2.75) is 32.0 Å². The number of methoxy groups -OCH3 is 2. The summed E-state index contributed by atoms with van der Waals surface area (Å²) in [6.45, 7) is 4.02. The van der Waals surface area contributed by atoms with Crippen LogP contribution < -0.4 is 9.47 Å². The van der Waals surface area contributed by atoms with Crippen molar-refractivity contribution in [2.24, 2.45) is 11.8 Å². The number of rotatable bonds is 5. The van der Waals surface area contributed by atoms with Gasteiger partial charge in [-0.3, -0.25) is 9.59 Å². The molecule has 0 aromatic heterocycles. The van der Waals surface area contributed by atoms with Crippen LogP contribution >= 0.6 is 0 Å². The molecule has 3 aliphatic heterocycles. The molecule has 8 heteroatoms. The van der Waals surface area contributed by atoms with E-state index in [9.17, 15) is 9.59 Å². The summed E-state index contributed by atoms with van der Waals surface area (Å²) in [4.78, 5) is 29.8. The summed E-state index contributed by atoms with van der Waals surface area (Å²) in [6, 6.07) is 5.20. The number of hydrogen-bond donors (Lipinski definition) is 0. The largest absolute Gasteiger partial charge is 0.497 e. The summed E-state index contributed by atoms with van der Waals surface area (Å²) in [7, 11) is 3.13. The van der Waals surface area contributed by atoms with Gasteiger partial charge in [0.05, 0.1) is 27.4 Å². The molecule has 0 unspecified atom stereocenters. The Kier molecular flexibility index (Phi) is 6.97. The molecular formula is C23H32N2O6. The fourth-order valence-electron chi connectivity index (χ4n) is 4.74. The number of amides is 2. The van der Waals surface area contributed by atoms with Crippen LogP contribution in [0.5, 0.6) is 11.5 Å². The van der Waals surface area contributed by atoms with E-state index in [4.69, 9.17) is 18.9 Å². The highest BCUT2D eigenvalue weighted by atomic mass is 16.7. The molecule has 8 nitrogen and oxygen atoms in total. The first-order chi connectivity index (χ1) is 15.1. The summed E-state index contributed by atoms with van der Waals surface area (Å²) in [5.74, 6) is 1.71. The van der Waals surface area contributed by atoms with E-state index in [-0.39, 0.29) is 24.0 Å². The maximum atomic E-state index is 13.0. The number of carbonyl (C=O) groups excluding carboxylic acids is 2. The Morgan fingerprint density at radius 1 is 0.839 bits per heavy atom. The predicted octanol–water partition coefficient (Wildman–Crippen LogP) is 2.17. The Balaban J connectivity index is 1.28. The third kappa shape index (κ3) is 4.96. The van der Waals surface area contributed by atoms with Gasteiger partial charge in [0.15, 0.2) is 6.29 Å². The van der Waals surface area contributed by atoms with Crippen molar-refractivity contribution in [3.8, 4) is 11.5 Å². The van der Waals surface area contributed by atoms with E-state index in [1.165, 1.54) is 0 Å². The van der Waals surface area contributed by atoms with Crippen LogP contribution in [0.15, 0.2) is 18.2 Å². The van der Waals surface area contributed by atoms with Gasteiger partial charge in [-0.15, -0.1) is 0 Å². The molecule has 0 spiro atoms. The molecule has 170 valence electrons. The number of ether oxygens (including phenoxy) is 4. The van der Waals surface area contributed by atoms with Crippen LogP contribution in [-0.2, 0) is 14.3 Å². The Morgan fingerprint density at radius 2 is 1.39 bits per heavy atom. The number of nitrogens with zero attached hydrogens (tertiary/aromatic N) is 2.